The molecule has 1 aliphatic rings. The Kier molecular flexibility index (Phi) is 5.09. The van der Waals surface area contributed by atoms with E-state index in [0.717, 1.165) is 49.2 Å². The van der Waals surface area contributed by atoms with E-state index in [4.69, 9.17) is 0 Å². The first-order valence-electron chi connectivity index (χ1n) is 8.99. The van der Waals surface area contributed by atoms with Crippen molar-refractivity contribution in [3.8, 4) is 0 Å². The van der Waals surface area contributed by atoms with E-state index in [9.17, 15) is 4.39 Å². The van der Waals surface area contributed by atoms with Gasteiger partial charge in [-0.1, -0.05) is 18.2 Å². The number of aromatic nitrogens is 3. The number of pyridine rings is 1. The first kappa shape index (κ1) is 17.2. The molecule has 6 nitrogen and oxygen atoms in total. The Morgan fingerprint density at radius 3 is 2.30 bits per heavy atom. The number of nitrogens with zero attached hydrogens (tertiary/aromatic N) is 5. The van der Waals surface area contributed by atoms with Crippen LogP contribution in [0.3, 0.4) is 0 Å². The largest absolute Gasteiger partial charge is 0.366 e. The van der Waals surface area contributed by atoms with Crippen LogP contribution >= 0.6 is 0 Å². The summed E-state index contributed by atoms with van der Waals surface area (Å²) < 4.78 is 13.0. The van der Waals surface area contributed by atoms with Gasteiger partial charge in [0, 0.05) is 45.0 Å². The molecular weight excluding hydrogens is 343 g/mol. The van der Waals surface area contributed by atoms with Crippen LogP contribution in [-0.2, 0) is 6.54 Å². The Bertz CT molecular complexity index is 863. The number of hydrogen-bond donors (Lipinski definition) is 1. The van der Waals surface area contributed by atoms with Gasteiger partial charge in [-0.2, -0.15) is 0 Å². The summed E-state index contributed by atoms with van der Waals surface area (Å²) in [6.45, 7) is 4.15. The zero-order valence-electron chi connectivity index (χ0n) is 14.9. The highest BCUT2D eigenvalue weighted by atomic mass is 19.1. The number of benzene rings is 1. The van der Waals surface area contributed by atoms with E-state index in [2.05, 4.69) is 30.1 Å². The maximum absolute atomic E-state index is 13.0. The predicted molar refractivity (Wildman–Crippen MR) is 104 cm³/mol. The van der Waals surface area contributed by atoms with Crippen LogP contribution in [0, 0.1) is 5.82 Å². The molecule has 0 bridgehead atoms. The third kappa shape index (κ3) is 4.31. The van der Waals surface area contributed by atoms with Crippen LogP contribution in [0.1, 0.15) is 5.56 Å². The van der Waals surface area contributed by atoms with Crippen LogP contribution in [0.15, 0.2) is 61.1 Å². The van der Waals surface area contributed by atoms with Gasteiger partial charge in [0.05, 0.1) is 0 Å². The molecule has 1 N–H and O–H groups in total. The van der Waals surface area contributed by atoms with E-state index in [1.54, 1.807) is 18.5 Å². The minimum atomic E-state index is -0.229. The van der Waals surface area contributed by atoms with Gasteiger partial charge in [-0.3, -0.25) is 0 Å². The van der Waals surface area contributed by atoms with E-state index < -0.39 is 0 Å². The molecule has 1 fully saturated rings. The summed E-state index contributed by atoms with van der Waals surface area (Å²) in [5, 5.41) is 3.27. The fourth-order valence-electron chi connectivity index (χ4n) is 3.12. The quantitative estimate of drug-likeness (QED) is 0.751. The van der Waals surface area contributed by atoms with Crippen molar-refractivity contribution >= 4 is 17.5 Å². The minimum Gasteiger partial charge on any atom is -0.366 e. The van der Waals surface area contributed by atoms with Gasteiger partial charge in [0.25, 0.3) is 0 Å². The lowest BCUT2D eigenvalue weighted by Crippen LogP contribution is -2.47. The van der Waals surface area contributed by atoms with Gasteiger partial charge in [0.15, 0.2) is 0 Å². The minimum absolute atomic E-state index is 0.229. The Morgan fingerprint density at radius 1 is 0.852 bits per heavy atom. The summed E-state index contributed by atoms with van der Waals surface area (Å²) in [6, 6.07) is 14.4. The molecule has 0 unspecified atom stereocenters. The van der Waals surface area contributed by atoms with Gasteiger partial charge in [-0.05, 0) is 29.8 Å². The molecule has 0 aliphatic carbocycles. The molecule has 4 rings (SSSR count). The van der Waals surface area contributed by atoms with Crippen molar-refractivity contribution in [2.75, 3.05) is 41.3 Å². The highest BCUT2D eigenvalue weighted by Gasteiger charge is 2.19. The third-order valence-electron chi connectivity index (χ3n) is 4.62. The van der Waals surface area contributed by atoms with Crippen molar-refractivity contribution < 1.29 is 4.39 Å². The van der Waals surface area contributed by atoms with Gasteiger partial charge in [0.1, 0.15) is 29.6 Å². The number of rotatable bonds is 5. The molecule has 0 saturated carbocycles. The predicted octanol–water partition coefficient (Wildman–Crippen LogP) is 2.95. The summed E-state index contributed by atoms with van der Waals surface area (Å²) >= 11 is 0. The molecule has 27 heavy (non-hydrogen) atoms. The van der Waals surface area contributed by atoms with Crippen LogP contribution in [0.5, 0.6) is 0 Å². The molecule has 0 radical (unpaired) electrons. The van der Waals surface area contributed by atoms with E-state index in [1.165, 1.54) is 12.1 Å². The van der Waals surface area contributed by atoms with Crippen LogP contribution in [0.4, 0.5) is 21.8 Å². The molecule has 2 aromatic heterocycles. The van der Waals surface area contributed by atoms with Gasteiger partial charge >= 0.3 is 0 Å². The number of halogens is 1. The molecule has 138 valence electrons. The SMILES string of the molecule is Fc1ccc(CNc2cc(N3CCN(c4ccccn4)CC3)ncn2)cc1. The van der Waals surface area contributed by atoms with E-state index >= 15 is 0 Å². The Labute approximate surface area is 157 Å². The van der Waals surface area contributed by atoms with Crippen LogP contribution < -0.4 is 15.1 Å². The Balaban J connectivity index is 1.36. The number of hydrogen-bond acceptors (Lipinski definition) is 6. The summed E-state index contributed by atoms with van der Waals surface area (Å²) in [5.41, 5.74) is 1.00. The lowest BCUT2D eigenvalue weighted by molar-refractivity contribution is 0.627. The molecule has 7 heteroatoms. The molecular formula is C20H21FN6. The van der Waals surface area contributed by atoms with Crippen LogP contribution in [-0.4, -0.2) is 41.1 Å². The topological polar surface area (TPSA) is 57.2 Å². The molecule has 1 aromatic carbocycles. The zero-order valence-corrected chi connectivity index (χ0v) is 14.9. The smallest absolute Gasteiger partial charge is 0.134 e. The third-order valence-corrected chi connectivity index (χ3v) is 4.62. The van der Waals surface area contributed by atoms with Crippen molar-refractivity contribution in [3.63, 3.8) is 0 Å². The van der Waals surface area contributed by atoms with E-state index in [1.807, 2.05) is 30.5 Å². The van der Waals surface area contributed by atoms with Crippen LogP contribution in [0.25, 0.3) is 0 Å². The number of piperazine rings is 1. The second-order valence-electron chi connectivity index (χ2n) is 6.40. The lowest BCUT2D eigenvalue weighted by Gasteiger charge is -2.36. The van der Waals surface area contributed by atoms with Gasteiger partial charge in [0.2, 0.25) is 0 Å². The standard InChI is InChI=1S/C20H21FN6/c21-17-6-4-16(5-7-17)14-23-18-13-20(25-15-24-18)27-11-9-26(10-12-27)19-3-1-2-8-22-19/h1-8,13,15H,9-12,14H2,(H,23,24,25). The molecule has 0 amide bonds. The second-order valence-corrected chi connectivity index (χ2v) is 6.40. The fraction of sp³-hybridized carbons (Fsp3) is 0.250. The molecule has 3 aromatic rings. The second kappa shape index (κ2) is 7.99. The first-order valence-corrected chi connectivity index (χ1v) is 8.99. The maximum Gasteiger partial charge on any atom is 0.134 e. The average Bonchev–Trinajstić information content (AvgIpc) is 2.74. The average molecular weight is 364 g/mol. The monoisotopic (exact) mass is 364 g/mol. The number of nitrogens with one attached hydrogen (secondary N) is 1. The normalized spacial score (nSPS) is 14.3. The van der Waals surface area contributed by atoms with Gasteiger partial charge in [-0.15, -0.1) is 0 Å². The highest BCUT2D eigenvalue weighted by Crippen LogP contribution is 2.19. The lowest BCUT2D eigenvalue weighted by atomic mass is 10.2. The van der Waals surface area contributed by atoms with Crippen molar-refractivity contribution in [2.24, 2.45) is 0 Å². The molecule has 1 aliphatic heterocycles. The zero-order chi connectivity index (χ0) is 18.5. The van der Waals surface area contributed by atoms with E-state index in [0.29, 0.717) is 6.54 Å². The summed E-state index contributed by atoms with van der Waals surface area (Å²) in [4.78, 5) is 17.7. The summed E-state index contributed by atoms with van der Waals surface area (Å²) in [6.07, 6.45) is 3.40. The van der Waals surface area contributed by atoms with Crippen molar-refractivity contribution in [1.82, 2.24) is 15.0 Å². The van der Waals surface area contributed by atoms with Gasteiger partial charge in [-0.25, -0.2) is 19.3 Å². The summed E-state index contributed by atoms with van der Waals surface area (Å²) in [7, 11) is 0. The highest BCUT2D eigenvalue weighted by molar-refractivity contribution is 5.50. The molecule has 0 spiro atoms. The van der Waals surface area contributed by atoms with E-state index in [-0.39, 0.29) is 5.82 Å². The maximum atomic E-state index is 13.0. The van der Waals surface area contributed by atoms with Crippen molar-refractivity contribution in [1.29, 1.82) is 0 Å². The first-order chi connectivity index (χ1) is 13.3. The van der Waals surface area contributed by atoms with Crippen molar-refractivity contribution in [2.45, 2.75) is 6.54 Å². The Hall–Kier alpha value is -3.22. The molecule has 3 heterocycles. The van der Waals surface area contributed by atoms with Crippen LogP contribution in [0.2, 0.25) is 0 Å². The molecule has 0 atom stereocenters. The summed E-state index contributed by atoms with van der Waals surface area (Å²) in [5.74, 6) is 2.46. The number of anilines is 3. The fourth-order valence-corrected chi connectivity index (χ4v) is 3.12. The van der Waals surface area contributed by atoms with Gasteiger partial charge < -0.3 is 15.1 Å². The Morgan fingerprint density at radius 2 is 1.59 bits per heavy atom. The molecule has 1 saturated heterocycles. The van der Waals surface area contributed by atoms with Crippen molar-refractivity contribution in [3.05, 3.63) is 72.4 Å².